The summed E-state index contributed by atoms with van der Waals surface area (Å²) in [6, 6.07) is 7.66. The number of benzene rings is 1. The maximum Gasteiger partial charge on any atom is 0.434 e. The highest BCUT2D eigenvalue weighted by molar-refractivity contribution is 7.79. The molecule has 9 nitrogen and oxygen atoms in total. The minimum absolute atomic E-state index is 0.217. The molecule has 0 amide bonds. The van der Waals surface area contributed by atoms with Gasteiger partial charge in [-0.15, -0.1) is 0 Å². The van der Waals surface area contributed by atoms with Gasteiger partial charge in [0.25, 0.3) is 0 Å². The highest BCUT2D eigenvalue weighted by Gasteiger charge is 2.09. The topological polar surface area (TPSA) is 178 Å². The minimum Gasteiger partial charge on any atom is -0.759 e. The number of aliphatic hydroxyl groups is 1. The van der Waals surface area contributed by atoms with Gasteiger partial charge in [0.1, 0.15) is 25.0 Å². The molecule has 0 aromatic heterocycles. The Morgan fingerprint density at radius 1 is 1.43 bits per heavy atom. The first-order valence-electron chi connectivity index (χ1n) is 5.83. The molecule has 1 unspecified atom stereocenters. The first kappa shape index (κ1) is 19.3. The number of aryl methyl sites for hydroxylation is 1. The Morgan fingerprint density at radius 2 is 1.90 bits per heavy atom. The number of hydrogen-bond donors (Lipinski definition) is 4. The van der Waals surface area contributed by atoms with Crippen molar-refractivity contribution >= 4 is 16.4 Å². The molecular formula is C11H19N3O6S. The third kappa shape index (κ3) is 14.5. The molecule has 7 N–H and O–H groups in total. The first-order chi connectivity index (χ1) is 9.58. The van der Waals surface area contributed by atoms with E-state index in [0.717, 1.165) is 5.75 Å². The van der Waals surface area contributed by atoms with Crippen LogP contribution in [0.15, 0.2) is 24.3 Å². The van der Waals surface area contributed by atoms with Gasteiger partial charge in [-0.1, -0.05) is 17.7 Å². The van der Waals surface area contributed by atoms with Gasteiger partial charge in [0, 0.05) is 10.4 Å². The van der Waals surface area contributed by atoms with Crippen molar-refractivity contribution < 1.29 is 38.1 Å². The Morgan fingerprint density at radius 3 is 2.33 bits per heavy atom. The Kier molecular flexibility index (Phi) is 8.50. The Labute approximate surface area is 122 Å². The third-order valence-corrected chi connectivity index (χ3v) is 2.09. The van der Waals surface area contributed by atoms with Crippen LogP contribution >= 0.6 is 0 Å². The molecule has 0 aliphatic heterocycles. The molecule has 0 fully saturated rings. The molecule has 0 saturated carbocycles. The Hall–Kier alpha value is -1.72. The summed E-state index contributed by atoms with van der Waals surface area (Å²) in [5.41, 5.74) is 6.42. The molecule has 0 spiro atoms. The highest BCUT2D eigenvalue weighted by atomic mass is 32.3. The number of hydrogen-bond acceptors (Lipinski definition) is 6. The molecular weight excluding hydrogens is 302 g/mol. The van der Waals surface area contributed by atoms with Gasteiger partial charge in [-0.25, -0.2) is 16.5 Å². The van der Waals surface area contributed by atoms with E-state index in [2.05, 4.69) is 0 Å². The van der Waals surface area contributed by atoms with E-state index in [0.29, 0.717) is 6.54 Å². The van der Waals surface area contributed by atoms with Crippen LogP contribution in [0.1, 0.15) is 5.56 Å². The van der Waals surface area contributed by atoms with Gasteiger partial charge in [0.05, 0.1) is 0 Å². The number of aliphatic hydroxyl groups excluding tert-OH is 1. The van der Waals surface area contributed by atoms with Crippen LogP contribution in [0.3, 0.4) is 0 Å². The van der Waals surface area contributed by atoms with E-state index in [-0.39, 0.29) is 12.6 Å². The quantitative estimate of drug-likeness (QED) is 0.185. The lowest BCUT2D eigenvalue weighted by atomic mass is 10.2. The molecule has 120 valence electrons. The van der Waals surface area contributed by atoms with Crippen LogP contribution in [0.5, 0.6) is 5.75 Å². The third-order valence-electron chi connectivity index (χ3n) is 2.09. The van der Waals surface area contributed by atoms with E-state index in [1.807, 2.05) is 31.2 Å². The molecule has 0 saturated heterocycles. The minimum atomic E-state index is -5.17. The molecule has 0 heterocycles. The van der Waals surface area contributed by atoms with Crippen LogP contribution in [0.25, 0.3) is 0 Å². The molecule has 0 radical (unpaired) electrons. The maximum atomic E-state index is 9.53. The number of ether oxygens (including phenoxy) is 1. The van der Waals surface area contributed by atoms with Crippen molar-refractivity contribution in [2.24, 2.45) is 5.73 Å². The summed E-state index contributed by atoms with van der Waals surface area (Å²) in [5, 5.41) is 16.4. The standard InChI is InChI=1S/C11H17N3O2.H2O4S/c1-8-2-4-10(5-3-8)16-7-9(15)6-14-11(12)13;1-5(2,3)4/h2-5,9,15H,6-7H2,1H3,(H4,12,13,14);(H2,1,2,3,4). The van der Waals surface area contributed by atoms with Crippen LogP contribution < -0.4 is 21.2 Å². The van der Waals surface area contributed by atoms with Crippen molar-refractivity contribution in [3.63, 3.8) is 0 Å². The fraction of sp³-hybridized carbons (Fsp3) is 0.364. The number of guanidine groups is 1. The smallest absolute Gasteiger partial charge is 0.434 e. The van der Waals surface area contributed by atoms with Crippen molar-refractivity contribution in [1.82, 2.24) is 0 Å². The zero-order chi connectivity index (χ0) is 16.5. The lowest BCUT2D eigenvalue weighted by Gasteiger charge is -2.10. The second-order valence-electron chi connectivity index (χ2n) is 4.13. The van der Waals surface area contributed by atoms with Crippen LogP contribution in [-0.2, 0) is 10.4 Å². The summed E-state index contributed by atoms with van der Waals surface area (Å²) in [6.45, 7) is 2.63. The van der Waals surface area contributed by atoms with Crippen molar-refractivity contribution in [3.05, 3.63) is 29.8 Å². The molecule has 0 aliphatic rings. The second-order valence-corrected chi connectivity index (χ2v) is 4.94. The monoisotopic (exact) mass is 321 g/mol. The van der Waals surface area contributed by atoms with Crippen LogP contribution in [0.4, 0.5) is 0 Å². The number of quaternary nitrogens is 1. The van der Waals surface area contributed by atoms with Crippen molar-refractivity contribution in [2.75, 3.05) is 13.2 Å². The predicted molar refractivity (Wildman–Crippen MR) is 71.1 cm³/mol. The Bertz CT molecular complexity index is 523. The molecule has 10 heteroatoms. The van der Waals surface area contributed by atoms with Gasteiger partial charge in [-0.2, -0.15) is 0 Å². The van der Waals surface area contributed by atoms with Gasteiger partial charge in [-0.05, 0) is 19.1 Å². The first-order valence-corrected chi connectivity index (χ1v) is 7.16. The van der Waals surface area contributed by atoms with E-state index in [9.17, 15) is 5.11 Å². The molecule has 1 aromatic rings. The SMILES string of the molecule is Cc1ccc(OCC(O)C[NH2+]C(N)=[NH2+])cc1.O=S(=O)([O-])[O-]. The predicted octanol–water partition coefficient (Wildman–Crippen LogP) is -3.97. The van der Waals surface area contributed by atoms with E-state index in [4.69, 9.17) is 33.4 Å². The number of nitrogens with two attached hydrogens (primary N) is 3. The van der Waals surface area contributed by atoms with Crippen molar-refractivity contribution in [2.45, 2.75) is 13.0 Å². The number of rotatable bonds is 5. The van der Waals surface area contributed by atoms with Gasteiger partial charge < -0.3 is 18.9 Å². The largest absolute Gasteiger partial charge is 0.759 e. The van der Waals surface area contributed by atoms with Gasteiger partial charge in [0.15, 0.2) is 0 Å². The lowest BCUT2D eigenvalue weighted by Crippen LogP contribution is -2.98. The van der Waals surface area contributed by atoms with Crippen LogP contribution in [-0.4, -0.2) is 47.8 Å². The average Bonchev–Trinajstić information content (AvgIpc) is 2.33. The summed E-state index contributed by atoms with van der Waals surface area (Å²) in [5.74, 6) is 0.962. The fourth-order valence-electron chi connectivity index (χ4n) is 1.17. The van der Waals surface area contributed by atoms with E-state index in [1.54, 1.807) is 5.32 Å². The molecule has 0 bridgehead atoms. The maximum absolute atomic E-state index is 9.53. The zero-order valence-corrected chi connectivity index (χ0v) is 12.2. The van der Waals surface area contributed by atoms with Crippen LogP contribution in [0, 0.1) is 6.92 Å². The summed E-state index contributed by atoms with van der Waals surface area (Å²) >= 11 is 0. The van der Waals surface area contributed by atoms with Crippen molar-refractivity contribution in [1.29, 1.82) is 0 Å². The average molecular weight is 321 g/mol. The van der Waals surface area contributed by atoms with E-state index >= 15 is 0 Å². The van der Waals surface area contributed by atoms with Gasteiger partial charge in [-0.3, -0.25) is 8.42 Å². The molecule has 1 atom stereocenters. The summed E-state index contributed by atoms with van der Waals surface area (Å²) in [7, 11) is -5.17. The van der Waals surface area contributed by atoms with Crippen molar-refractivity contribution in [3.8, 4) is 5.75 Å². The normalized spacial score (nSPS) is 12.0. The summed E-state index contributed by atoms with van der Waals surface area (Å²) in [6.07, 6.45) is -0.594. The summed E-state index contributed by atoms with van der Waals surface area (Å²) < 4.78 is 39.5. The highest BCUT2D eigenvalue weighted by Crippen LogP contribution is 2.11. The Balaban J connectivity index is 0.000000690. The second kappa shape index (κ2) is 9.26. The van der Waals surface area contributed by atoms with Gasteiger partial charge >= 0.3 is 5.96 Å². The molecule has 1 rings (SSSR count). The molecule has 0 aliphatic carbocycles. The zero-order valence-electron chi connectivity index (χ0n) is 11.4. The van der Waals surface area contributed by atoms with Gasteiger partial charge in [0.2, 0.25) is 0 Å². The molecule has 1 aromatic carbocycles. The fourth-order valence-corrected chi connectivity index (χ4v) is 1.17. The van der Waals surface area contributed by atoms with Crippen LogP contribution in [0.2, 0.25) is 0 Å². The summed E-state index contributed by atoms with van der Waals surface area (Å²) in [4.78, 5) is 0. The van der Waals surface area contributed by atoms with E-state index in [1.165, 1.54) is 5.56 Å². The molecule has 21 heavy (non-hydrogen) atoms. The lowest BCUT2D eigenvalue weighted by molar-refractivity contribution is -0.576. The van der Waals surface area contributed by atoms with E-state index < -0.39 is 16.5 Å².